The van der Waals surface area contributed by atoms with Crippen molar-refractivity contribution >= 4 is 11.9 Å². The molecule has 0 spiro atoms. The van der Waals surface area contributed by atoms with Gasteiger partial charge in [-0.05, 0) is 25.7 Å². The number of rotatable bonds is 13. The lowest BCUT2D eigenvalue weighted by atomic mass is 10.1. The zero-order chi connectivity index (χ0) is 18.7. The number of unbranched alkanes of at least 4 members (excludes halogenated alkanes) is 3. The van der Waals surface area contributed by atoms with E-state index < -0.39 is 18.2 Å². The number of carbonyl (C=O) groups excluding carboxylic acids is 1. The Hall–Kier alpha value is -1.40. The van der Waals surface area contributed by atoms with Crippen LogP contribution in [0.15, 0.2) is 12.2 Å². The third kappa shape index (κ3) is 9.02. The second-order valence-corrected chi connectivity index (χ2v) is 6.89. The summed E-state index contributed by atoms with van der Waals surface area (Å²) in [5.41, 5.74) is 0. The van der Waals surface area contributed by atoms with Gasteiger partial charge in [0.25, 0.3) is 0 Å². The van der Waals surface area contributed by atoms with Crippen LogP contribution in [0, 0.1) is 0 Å². The Labute approximate surface area is 150 Å². The van der Waals surface area contributed by atoms with E-state index in [4.69, 9.17) is 5.11 Å². The molecule has 0 saturated carbocycles. The van der Waals surface area contributed by atoms with Crippen molar-refractivity contribution in [1.29, 1.82) is 0 Å². The normalized spacial score (nSPS) is 20.4. The Morgan fingerprint density at radius 3 is 2.64 bits per heavy atom. The van der Waals surface area contributed by atoms with Crippen LogP contribution in [0.4, 0.5) is 0 Å². The number of aliphatic carboxylic acids is 1. The summed E-state index contributed by atoms with van der Waals surface area (Å²) in [6.45, 7) is 2.39. The molecule has 3 unspecified atom stereocenters. The smallest absolute Gasteiger partial charge is 0.303 e. The summed E-state index contributed by atoms with van der Waals surface area (Å²) in [5, 5.41) is 28.7. The third-order valence-corrected chi connectivity index (χ3v) is 4.62. The highest BCUT2D eigenvalue weighted by Crippen LogP contribution is 2.21. The van der Waals surface area contributed by atoms with Crippen LogP contribution in [0.2, 0.25) is 0 Å². The topological polar surface area (TPSA) is 98.1 Å². The van der Waals surface area contributed by atoms with E-state index in [1.807, 2.05) is 6.08 Å². The maximum Gasteiger partial charge on any atom is 0.303 e. The van der Waals surface area contributed by atoms with Crippen molar-refractivity contribution in [2.45, 2.75) is 89.4 Å². The number of hydrogen-bond donors (Lipinski definition) is 3. The summed E-state index contributed by atoms with van der Waals surface area (Å²) in [5.74, 6) is -0.799. The first-order chi connectivity index (χ1) is 11.9. The van der Waals surface area contributed by atoms with Crippen molar-refractivity contribution in [2.75, 3.05) is 6.54 Å². The van der Waals surface area contributed by atoms with Crippen LogP contribution in [0.1, 0.15) is 71.1 Å². The minimum absolute atomic E-state index is 0.0275. The van der Waals surface area contributed by atoms with Crippen molar-refractivity contribution in [1.82, 2.24) is 4.90 Å². The first-order valence-electron chi connectivity index (χ1n) is 9.49. The molecule has 1 rings (SSSR count). The van der Waals surface area contributed by atoms with E-state index in [1.54, 1.807) is 11.0 Å². The molecular formula is C19H33NO5. The summed E-state index contributed by atoms with van der Waals surface area (Å²) in [7, 11) is 0. The Kier molecular flexibility index (Phi) is 10.4. The summed E-state index contributed by atoms with van der Waals surface area (Å²) >= 11 is 0. The zero-order valence-electron chi connectivity index (χ0n) is 15.3. The Morgan fingerprint density at radius 1 is 1.24 bits per heavy atom. The second-order valence-electron chi connectivity index (χ2n) is 6.89. The van der Waals surface area contributed by atoms with E-state index in [2.05, 4.69) is 6.92 Å². The summed E-state index contributed by atoms with van der Waals surface area (Å²) in [6, 6.07) is -0.0676. The lowest BCUT2D eigenvalue weighted by Crippen LogP contribution is -2.38. The van der Waals surface area contributed by atoms with Crippen LogP contribution >= 0.6 is 0 Å². The van der Waals surface area contributed by atoms with Gasteiger partial charge < -0.3 is 20.2 Å². The predicted molar refractivity (Wildman–Crippen MR) is 96.1 cm³/mol. The van der Waals surface area contributed by atoms with Crippen molar-refractivity contribution in [3.8, 4) is 0 Å². The molecule has 1 aliphatic rings. The summed E-state index contributed by atoms with van der Waals surface area (Å²) in [6.07, 6.45) is 9.43. The van der Waals surface area contributed by atoms with E-state index in [9.17, 15) is 19.8 Å². The Balaban J connectivity index is 2.39. The molecule has 1 aliphatic heterocycles. The fourth-order valence-electron chi connectivity index (χ4n) is 3.12. The van der Waals surface area contributed by atoms with Crippen molar-refractivity contribution in [2.24, 2.45) is 0 Å². The number of carbonyl (C=O) groups is 2. The largest absolute Gasteiger partial charge is 0.481 e. The fraction of sp³-hybridized carbons (Fsp3) is 0.789. The van der Waals surface area contributed by atoms with Crippen molar-refractivity contribution < 1.29 is 24.9 Å². The molecule has 25 heavy (non-hydrogen) atoms. The van der Waals surface area contributed by atoms with E-state index in [0.717, 1.165) is 25.7 Å². The van der Waals surface area contributed by atoms with E-state index in [-0.39, 0.29) is 24.9 Å². The molecule has 0 aromatic heterocycles. The van der Waals surface area contributed by atoms with Gasteiger partial charge in [0.2, 0.25) is 5.91 Å². The van der Waals surface area contributed by atoms with Crippen LogP contribution in [-0.2, 0) is 9.59 Å². The van der Waals surface area contributed by atoms with Crippen molar-refractivity contribution in [3.63, 3.8) is 0 Å². The lowest BCUT2D eigenvalue weighted by molar-refractivity contribution is -0.137. The molecule has 144 valence electrons. The van der Waals surface area contributed by atoms with Gasteiger partial charge in [0.1, 0.15) is 0 Å². The number of aliphatic hydroxyl groups excluding tert-OH is 2. The van der Waals surface area contributed by atoms with Crippen molar-refractivity contribution in [3.05, 3.63) is 12.2 Å². The van der Waals surface area contributed by atoms with Crippen LogP contribution in [0.5, 0.6) is 0 Å². The SMILES string of the molecule is CCCCCC(O)C=CC1CCC(=O)N1CC(O)CCCCC(=O)O. The second kappa shape index (κ2) is 12.0. The van der Waals surface area contributed by atoms with Crippen LogP contribution < -0.4 is 0 Å². The van der Waals surface area contributed by atoms with Gasteiger partial charge in [-0.2, -0.15) is 0 Å². The predicted octanol–water partition coefficient (Wildman–Crippen LogP) is 2.48. The third-order valence-electron chi connectivity index (χ3n) is 4.62. The summed E-state index contributed by atoms with van der Waals surface area (Å²) in [4.78, 5) is 24.2. The summed E-state index contributed by atoms with van der Waals surface area (Å²) < 4.78 is 0. The minimum Gasteiger partial charge on any atom is -0.481 e. The fourth-order valence-corrected chi connectivity index (χ4v) is 3.12. The van der Waals surface area contributed by atoms with E-state index in [1.165, 1.54) is 0 Å². The lowest BCUT2D eigenvalue weighted by Gasteiger charge is -2.25. The number of β-amino-alcohol motifs (C(OH)–C–C–N with tert-alkyl or cyclic N) is 1. The molecule has 6 nitrogen and oxygen atoms in total. The van der Waals surface area contributed by atoms with Gasteiger partial charge >= 0.3 is 5.97 Å². The zero-order valence-corrected chi connectivity index (χ0v) is 15.3. The van der Waals surface area contributed by atoms with Crippen LogP contribution in [-0.4, -0.2) is 56.9 Å². The van der Waals surface area contributed by atoms with Gasteiger partial charge in [0, 0.05) is 19.4 Å². The minimum atomic E-state index is -0.827. The molecule has 0 aromatic carbocycles. The molecule has 0 aliphatic carbocycles. The Bertz CT molecular complexity index is 438. The average molecular weight is 355 g/mol. The molecule has 1 amide bonds. The number of carboxylic acids is 1. The van der Waals surface area contributed by atoms with E-state index in [0.29, 0.717) is 32.1 Å². The highest BCUT2D eigenvalue weighted by molar-refractivity contribution is 5.79. The first kappa shape index (κ1) is 21.6. The monoisotopic (exact) mass is 355 g/mol. The van der Waals surface area contributed by atoms with Gasteiger partial charge in [-0.1, -0.05) is 44.8 Å². The molecule has 1 saturated heterocycles. The number of likely N-dealkylation sites (tertiary alicyclic amines) is 1. The number of aliphatic hydroxyl groups is 2. The highest BCUT2D eigenvalue weighted by Gasteiger charge is 2.30. The number of amides is 1. The highest BCUT2D eigenvalue weighted by atomic mass is 16.4. The molecule has 6 heteroatoms. The van der Waals surface area contributed by atoms with E-state index >= 15 is 0 Å². The van der Waals surface area contributed by atoms with Gasteiger partial charge in [-0.3, -0.25) is 9.59 Å². The maximum atomic E-state index is 12.0. The van der Waals surface area contributed by atoms with Crippen LogP contribution in [0.3, 0.4) is 0 Å². The molecular weight excluding hydrogens is 322 g/mol. The molecule has 3 atom stereocenters. The molecule has 0 aromatic rings. The number of nitrogens with zero attached hydrogens (tertiary/aromatic N) is 1. The average Bonchev–Trinajstić information content (AvgIpc) is 2.90. The standard InChI is InChI=1S/C19H33NO5/c1-2-3-4-7-16(21)12-10-15-11-13-18(23)20(15)14-17(22)8-5-6-9-19(24)25/h10,12,15-17,21-22H,2-9,11,13-14H2,1H3,(H,24,25). The van der Waals surface area contributed by atoms with Gasteiger partial charge in [0.15, 0.2) is 0 Å². The molecule has 3 N–H and O–H groups in total. The first-order valence-corrected chi connectivity index (χ1v) is 9.49. The molecule has 1 fully saturated rings. The molecule has 1 heterocycles. The van der Waals surface area contributed by atoms with Crippen LogP contribution in [0.25, 0.3) is 0 Å². The molecule has 0 radical (unpaired) electrons. The van der Waals surface area contributed by atoms with Gasteiger partial charge in [-0.15, -0.1) is 0 Å². The van der Waals surface area contributed by atoms with Gasteiger partial charge in [-0.25, -0.2) is 0 Å². The number of hydrogen-bond acceptors (Lipinski definition) is 4. The maximum absolute atomic E-state index is 12.0. The molecule has 0 bridgehead atoms. The Morgan fingerprint density at radius 2 is 1.96 bits per heavy atom. The quantitative estimate of drug-likeness (QED) is 0.348. The van der Waals surface area contributed by atoms with Gasteiger partial charge in [0.05, 0.1) is 18.2 Å². The number of carboxylic acid groups (broad SMARTS) is 1.